The van der Waals surface area contributed by atoms with Gasteiger partial charge in [0, 0.05) is 11.1 Å². The molecule has 3 heteroatoms. The molecule has 2 N–H and O–H groups in total. The first-order valence-corrected chi connectivity index (χ1v) is 5.44. The number of benzene rings is 1. The predicted molar refractivity (Wildman–Crippen MR) is 65.9 cm³/mol. The fourth-order valence-corrected chi connectivity index (χ4v) is 1.55. The fraction of sp³-hybridized carbons (Fsp3) is 0.538. The minimum atomic E-state index is -0.431. The first kappa shape index (κ1) is 12.8. The molecule has 0 aromatic heterocycles. The van der Waals surface area contributed by atoms with E-state index in [-0.39, 0.29) is 0 Å². The molecule has 0 aliphatic carbocycles. The maximum Gasteiger partial charge on any atom is 0.124 e. The lowest BCUT2D eigenvalue weighted by Crippen LogP contribution is -2.38. The van der Waals surface area contributed by atoms with Gasteiger partial charge in [0.15, 0.2) is 0 Å². The van der Waals surface area contributed by atoms with Crippen LogP contribution in [0.4, 0.5) is 0 Å². The van der Waals surface area contributed by atoms with E-state index < -0.39 is 5.54 Å². The number of nitrogens with two attached hydrogens (primary N) is 1. The van der Waals surface area contributed by atoms with Crippen LogP contribution in [0.25, 0.3) is 0 Å². The number of rotatable bonds is 4. The first-order chi connectivity index (χ1) is 7.43. The van der Waals surface area contributed by atoms with Gasteiger partial charge in [-0.05, 0) is 31.0 Å². The molecule has 0 saturated heterocycles. The Morgan fingerprint density at radius 1 is 1.19 bits per heavy atom. The summed E-state index contributed by atoms with van der Waals surface area (Å²) in [6, 6.07) is 5.71. The summed E-state index contributed by atoms with van der Waals surface area (Å²) >= 11 is 0. The molecule has 0 amide bonds. The summed E-state index contributed by atoms with van der Waals surface area (Å²) in [5.41, 5.74) is 6.89. The molecule has 0 aliphatic rings. The Labute approximate surface area is 97.6 Å². The number of hydrogen-bond acceptors (Lipinski definition) is 3. The van der Waals surface area contributed by atoms with Crippen molar-refractivity contribution in [1.29, 1.82) is 0 Å². The highest BCUT2D eigenvalue weighted by Gasteiger charge is 2.29. The van der Waals surface area contributed by atoms with Crippen LogP contribution < -0.4 is 15.2 Å². The van der Waals surface area contributed by atoms with E-state index >= 15 is 0 Å². The van der Waals surface area contributed by atoms with Gasteiger partial charge in [-0.1, -0.05) is 13.8 Å². The highest BCUT2D eigenvalue weighted by molar-refractivity contribution is 5.44. The van der Waals surface area contributed by atoms with Crippen LogP contribution in [0.5, 0.6) is 11.5 Å². The number of ether oxygens (including phenoxy) is 2. The van der Waals surface area contributed by atoms with Gasteiger partial charge >= 0.3 is 0 Å². The molecule has 0 bridgehead atoms. The molecule has 1 atom stereocenters. The van der Waals surface area contributed by atoms with Gasteiger partial charge in [-0.25, -0.2) is 0 Å². The molecule has 16 heavy (non-hydrogen) atoms. The smallest absolute Gasteiger partial charge is 0.124 e. The lowest BCUT2D eigenvalue weighted by atomic mass is 9.82. The third-order valence-corrected chi connectivity index (χ3v) is 3.19. The molecule has 0 heterocycles. The van der Waals surface area contributed by atoms with Crippen molar-refractivity contribution in [3.05, 3.63) is 23.8 Å². The lowest BCUT2D eigenvalue weighted by Gasteiger charge is -2.31. The van der Waals surface area contributed by atoms with Crippen molar-refractivity contribution in [2.75, 3.05) is 14.2 Å². The Kier molecular flexibility index (Phi) is 3.81. The molecule has 1 unspecified atom stereocenters. The van der Waals surface area contributed by atoms with Crippen molar-refractivity contribution in [2.24, 2.45) is 11.7 Å². The highest BCUT2D eigenvalue weighted by atomic mass is 16.5. The summed E-state index contributed by atoms with van der Waals surface area (Å²) in [5, 5.41) is 0. The molecular formula is C13H21NO2. The van der Waals surface area contributed by atoms with Gasteiger partial charge in [-0.2, -0.15) is 0 Å². The van der Waals surface area contributed by atoms with Gasteiger partial charge < -0.3 is 15.2 Å². The van der Waals surface area contributed by atoms with Crippen molar-refractivity contribution in [1.82, 2.24) is 0 Å². The van der Waals surface area contributed by atoms with Gasteiger partial charge in [0.1, 0.15) is 11.5 Å². The number of methoxy groups -OCH3 is 2. The van der Waals surface area contributed by atoms with Crippen molar-refractivity contribution >= 4 is 0 Å². The van der Waals surface area contributed by atoms with E-state index in [1.807, 2.05) is 25.1 Å². The quantitative estimate of drug-likeness (QED) is 0.853. The average molecular weight is 223 g/mol. The Hall–Kier alpha value is -1.22. The highest BCUT2D eigenvalue weighted by Crippen LogP contribution is 2.35. The molecular weight excluding hydrogens is 202 g/mol. The number of hydrogen-bond donors (Lipinski definition) is 1. The first-order valence-electron chi connectivity index (χ1n) is 5.44. The van der Waals surface area contributed by atoms with Crippen LogP contribution in [0.15, 0.2) is 18.2 Å². The second-order valence-electron chi connectivity index (χ2n) is 4.50. The van der Waals surface area contributed by atoms with Crippen LogP contribution in [0.3, 0.4) is 0 Å². The molecule has 0 radical (unpaired) electrons. The standard InChI is InChI=1S/C13H21NO2/c1-9(2)13(3,14)11-8-10(15-4)6-7-12(11)16-5/h6-9H,14H2,1-5H3. The molecule has 90 valence electrons. The maximum absolute atomic E-state index is 6.35. The van der Waals surface area contributed by atoms with Crippen LogP contribution in [0.2, 0.25) is 0 Å². The third kappa shape index (κ3) is 2.30. The van der Waals surface area contributed by atoms with Crippen LogP contribution in [0, 0.1) is 5.92 Å². The van der Waals surface area contributed by atoms with E-state index in [4.69, 9.17) is 15.2 Å². The summed E-state index contributed by atoms with van der Waals surface area (Å²) in [4.78, 5) is 0. The van der Waals surface area contributed by atoms with E-state index in [9.17, 15) is 0 Å². The summed E-state index contributed by atoms with van der Waals surface area (Å²) in [7, 11) is 3.30. The summed E-state index contributed by atoms with van der Waals surface area (Å²) in [6.07, 6.45) is 0. The molecule has 3 nitrogen and oxygen atoms in total. The molecule has 0 aliphatic heterocycles. The van der Waals surface area contributed by atoms with Gasteiger partial charge in [-0.3, -0.25) is 0 Å². The molecule has 1 aromatic carbocycles. The second-order valence-corrected chi connectivity index (χ2v) is 4.50. The van der Waals surface area contributed by atoms with Crippen molar-refractivity contribution in [3.8, 4) is 11.5 Å². The Morgan fingerprint density at radius 2 is 1.81 bits per heavy atom. The van der Waals surface area contributed by atoms with Crippen molar-refractivity contribution in [3.63, 3.8) is 0 Å². The van der Waals surface area contributed by atoms with E-state index in [0.717, 1.165) is 17.1 Å². The molecule has 1 rings (SSSR count). The third-order valence-electron chi connectivity index (χ3n) is 3.19. The summed E-state index contributed by atoms with van der Waals surface area (Å²) in [5.74, 6) is 1.92. The predicted octanol–water partition coefficient (Wildman–Crippen LogP) is 2.53. The van der Waals surface area contributed by atoms with Gasteiger partial charge in [0.05, 0.1) is 14.2 Å². The molecule has 0 saturated carbocycles. The van der Waals surface area contributed by atoms with E-state index in [0.29, 0.717) is 5.92 Å². The maximum atomic E-state index is 6.35. The largest absolute Gasteiger partial charge is 0.497 e. The monoisotopic (exact) mass is 223 g/mol. The van der Waals surface area contributed by atoms with E-state index in [1.165, 1.54) is 0 Å². The summed E-state index contributed by atoms with van der Waals surface area (Å²) in [6.45, 7) is 6.20. The Balaban J connectivity index is 3.28. The SMILES string of the molecule is COc1ccc(OC)c(C(C)(N)C(C)C)c1. The van der Waals surface area contributed by atoms with Crippen LogP contribution in [-0.2, 0) is 5.54 Å². The Bertz CT molecular complexity index is 359. The minimum absolute atomic E-state index is 0.313. The molecule has 0 spiro atoms. The fourth-order valence-electron chi connectivity index (χ4n) is 1.55. The lowest BCUT2D eigenvalue weighted by molar-refractivity contribution is 0.323. The van der Waals surface area contributed by atoms with Crippen molar-refractivity contribution in [2.45, 2.75) is 26.3 Å². The average Bonchev–Trinajstić information content (AvgIpc) is 2.27. The minimum Gasteiger partial charge on any atom is -0.497 e. The Morgan fingerprint density at radius 3 is 2.25 bits per heavy atom. The van der Waals surface area contributed by atoms with Crippen LogP contribution >= 0.6 is 0 Å². The van der Waals surface area contributed by atoms with Crippen LogP contribution in [0.1, 0.15) is 26.3 Å². The van der Waals surface area contributed by atoms with Crippen LogP contribution in [-0.4, -0.2) is 14.2 Å². The molecule has 1 aromatic rings. The zero-order chi connectivity index (χ0) is 12.3. The van der Waals surface area contributed by atoms with E-state index in [1.54, 1.807) is 14.2 Å². The zero-order valence-electron chi connectivity index (χ0n) is 10.7. The van der Waals surface area contributed by atoms with Gasteiger partial charge in [0.25, 0.3) is 0 Å². The topological polar surface area (TPSA) is 44.5 Å². The summed E-state index contributed by atoms with van der Waals surface area (Å²) < 4.78 is 10.6. The second kappa shape index (κ2) is 4.74. The zero-order valence-corrected chi connectivity index (χ0v) is 10.7. The van der Waals surface area contributed by atoms with Crippen molar-refractivity contribution < 1.29 is 9.47 Å². The normalized spacial score (nSPS) is 14.7. The van der Waals surface area contributed by atoms with E-state index in [2.05, 4.69) is 13.8 Å². The molecule has 0 fully saturated rings. The van der Waals surface area contributed by atoms with Gasteiger partial charge in [-0.15, -0.1) is 0 Å². The van der Waals surface area contributed by atoms with Gasteiger partial charge in [0.2, 0.25) is 0 Å².